The maximum absolute atomic E-state index is 12.3. The van der Waals surface area contributed by atoms with Gasteiger partial charge in [-0.25, -0.2) is 0 Å². The van der Waals surface area contributed by atoms with Crippen LogP contribution in [0, 0.1) is 5.92 Å². The van der Waals surface area contributed by atoms with E-state index in [1.807, 2.05) is 6.92 Å². The summed E-state index contributed by atoms with van der Waals surface area (Å²) in [5.74, 6) is 0.746. The fraction of sp³-hybridized carbons (Fsp3) is 0.714. The van der Waals surface area contributed by atoms with Crippen molar-refractivity contribution in [2.24, 2.45) is 5.92 Å². The van der Waals surface area contributed by atoms with Gasteiger partial charge in [0.1, 0.15) is 5.69 Å². The zero-order valence-corrected chi connectivity index (χ0v) is 11.9. The second-order valence-electron chi connectivity index (χ2n) is 5.36. The normalized spacial score (nSPS) is 23.3. The molecule has 1 heterocycles. The summed E-state index contributed by atoms with van der Waals surface area (Å²) in [6.45, 7) is 4.85. The average Bonchev–Trinajstić information content (AvgIpc) is 2.80. The molecule has 0 saturated heterocycles. The molecule has 1 aromatic heterocycles. The number of hydrogen-bond donors (Lipinski definition) is 2. The molecular weight excluding hydrogens is 240 g/mol. The first-order chi connectivity index (χ1) is 9.15. The van der Waals surface area contributed by atoms with Gasteiger partial charge in [0.2, 0.25) is 0 Å². The lowest BCUT2D eigenvalue weighted by molar-refractivity contribution is 0.0911. The van der Waals surface area contributed by atoms with Crippen molar-refractivity contribution in [3.8, 4) is 0 Å². The Balaban J connectivity index is 1.96. The first-order valence-electron chi connectivity index (χ1n) is 7.27. The van der Waals surface area contributed by atoms with Crippen molar-refractivity contribution in [1.29, 1.82) is 0 Å². The first-order valence-corrected chi connectivity index (χ1v) is 7.27. The number of aryl methyl sites for hydroxylation is 1. The predicted octanol–water partition coefficient (Wildman–Crippen LogP) is 2.18. The van der Waals surface area contributed by atoms with E-state index in [0.29, 0.717) is 17.9 Å². The Kier molecular flexibility index (Phi) is 4.45. The molecule has 106 valence electrons. The van der Waals surface area contributed by atoms with Crippen LogP contribution in [0.2, 0.25) is 0 Å². The number of nitrogens with zero attached hydrogens (tertiary/aromatic N) is 2. The highest BCUT2D eigenvalue weighted by atomic mass is 16.2. The van der Waals surface area contributed by atoms with Crippen molar-refractivity contribution in [3.05, 3.63) is 11.9 Å². The Morgan fingerprint density at radius 3 is 2.68 bits per heavy atom. The minimum atomic E-state index is -0.0863. The average molecular weight is 264 g/mol. The van der Waals surface area contributed by atoms with Crippen molar-refractivity contribution >= 4 is 11.6 Å². The van der Waals surface area contributed by atoms with Gasteiger partial charge < -0.3 is 11.1 Å². The molecule has 1 aromatic rings. The summed E-state index contributed by atoms with van der Waals surface area (Å²) >= 11 is 0. The van der Waals surface area contributed by atoms with E-state index in [9.17, 15) is 4.79 Å². The van der Waals surface area contributed by atoms with Gasteiger partial charge in [0.25, 0.3) is 5.91 Å². The molecule has 5 heteroatoms. The number of nitrogens with two attached hydrogens (primary N) is 1. The van der Waals surface area contributed by atoms with Crippen LogP contribution in [0.4, 0.5) is 5.69 Å². The molecule has 0 aromatic carbocycles. The van der Waals surface area contributed by atoms with Crippen LogP contribution in [0.3, 0.4) is 0 Å². The molecule has 0 radical (unpaired) electrons. The van der Waals surface area contributed by atoms with Crippen molar-refractivity contribution in [2.75, 3.05) is 5.73 Å². The smallest absolute Gasteiger partial charge is 0.271 e. The predicted molar refractivity (Wildman–Crippen MR) is 75.8 cm³/mol. The summed E-state index contributed by atoms with van der Waals surface area (Å²) in [6.07, 6.45) is 7.37. The third-order valence-electron chi connectivity index (χ3n) is 4.14. The van der Waals surface area contributed by atoms with Crippen molar-refractivity contribution < 1.29 is 4.79 Å². The van der Waals surface area contributed by atoms with E-state index in [4.69, 9.17) is 5.73 Å². The molecule has 1 aliphatic carbocycles. The Bertz CT molecular complexity index is 433. The van der Waals surface area contributed by atoms with Crippen LogP contribution in [0.1, 0.15) is 56.4 Å². The standard InChI is InChI=1S/C14H24N4O/c1-3-10-5-7-11(8-6-10)17-14(19)13-12(15)9-16-18(13)4-2/h9-11H,3-8,15H2,1-2H3,(H,17,19). The monoisotopic (exact) mass is 264 g/mol. The topological polar surface area (TPSA) is 72.9 Å². The van der Waals surface area contributed by atoms with E-state index in [1.165, 1.54) is 19.3 Å². The van der Waals surface area contributed by atoms with Crippen LogP contribution in [-0.4, -0.2) is 21.7 Å². The van der Waals surface area contributed by atoms with Gasteiger partial charge in [-0.2, -0.15) is 5.10 Å². The van der Waals surface area contributed by atoms with Gasteiger partial charge in [0.15, 0.2) is 0 Å². The number of nitrogens with one attached hydrogen (secondary N) is 1. The highest BCUT2D eigenvalue weighted by Crippen LogP contribution is 2.26. The zero-order valence-electron chi connectivity index (χ0n) is 11.9. The molecule has 1 aliphatic rings. The molecular formula is C14H24N4O. The molecule has 1 fully saturated rings. The van der Waals surface area contributed by atoms with Crippen molar-refractivity contribution in [3.63, 3.8) is 0 Å². The Morgan fingerprint density at radius 1 is 1.42 bits per heavy atom. The second-order valence-corrected chi connectivity index (χ2v) is 5.36. The van der Waals surface area contributed by atoms with Crippen LogP contribution in [0.15, 0.2) is 6.20 Å². The van der Waals surface area contributed by atoms with Crippen LogP contribution < -0.4 is 11.1 Å². The summed E-state index contributed by atoms with van der Waals surface area (Å²) < 4.78 is 1.66. The minimum absolute atomic E-state index is 0.0863. The van der Waals surface area contributed by atoms with Gasteiger partial charge in [0, 0.05) is 12.6 Å². The highest BCUT2D eigenvalue weighted by Gasteiger charge is 2.24. The second kappa shape index (κ2) is 6.08. The number of aromatic nitrogens is 2. The summed E-state index contributed by atoms with van der Waals surface area (Å²) in [5, 5.41) is 7.21. The fourth-order valence-electron chi connectivity index (χ4n) is 2.86. The van der Waals surface area contributed by atoms with E-state index in [-0.39, 0.29) is 11.9 Å². The zero-order chi connectivity index (χ0) is 13.8. The number of nitrogen functional groups attached to an aromatic ring is 1. The van der Waals surface area contributed by atoms with Gasteiger partial charge in [-0.1, -0.05) is 13.3 Å². The van der Waals surface area contributed by atoms with E-state index in [0.717, 1.165) is 18.8 Å². The molecule has 0 unspecified atom stereocenters. The number of amides is 1. The Morgan fingerprint density at radius 2 is 2.11 bits per heavy atom. The van der Waals surface area contributed by atoms with Crippen LogP contribution in [-0.2, 0) is 6.54 Å². The number of hydrogen-bond acceptors (Lipinski definition) is 3. The fourth-order valence-corrected chi connectivity index (χ4v) is 2.86. The van der Waals surface area contributed by atoms with Crippen molar-refractivity contribution in [2.45, 2.75) is 58.5 Å². The summed E-state index contributed by atoms with van der Waals surface area (Å²) in [6, 6.07) is 0.287. The molecule has 1 amide bonds. The van der Waals surface area contributed by atoms with E-state index < -0.39 is 0 Å². The first kappa shape index (κ1) is 13.9. The van der Waals surface area contributed by atoms with Crippen LogP contribution in [0.25, 0.3) is 0 Å². The maximum atomic E-state index is 12.3. The van der Waals surface area contributed by atoms with E-state index in [2.05, 4.69) is 17.3 Å². The summed E-state index contributed by atoms with van der Waals surface area (Å²) in [7, 11) is 0. The highest BCUT2D eigenvalue weighted by molar-refractivity contribution is 5.97. The van der Waals surface area contributed by atoms with Gasteiger partial charge >= 0.3 is 0 Å². The third kappa shape index (κ3) is 3.08. The van der Waals surface area contributed by atoms with Gasteiger partial charge in [-0.15, -0.1) is 0 Å². The number of carbonyl (C=O) groups is 1. The molecule has 0 bridgehead atoms. The lowest BCUT2D eigenvalue weighted by Crippen LogP contribution is -2.38. The largest absolute Gasteiger partial charge is 0.396 e. The quantitative estimate of drug-likeness (QED) is 0.875. The lowest BCUT2D eigenvalue weighted by Gasteiger charge is -2.28. The number of carbonyl (C=O) groups excluding carboxylic acids is 1. The Hall–Kier alpha value is -1.52. The van der Waals surface area contributed by atoms with E-state index >= 15 is 0 Å². The molecule has 5 nitrogen and oxygen atoms in total. The lowest BCUT2D eigenvalue weighted by atomic mass is 9.84. The summed E-state index contributed by atoms with van der Waals surface area (Å²) in [5.41, 5.74) is 6.78. The van der Waals surface area contributed by atoms with Gasteiger partial charge in [-0.05, 0) is 38.5 Å². The number of anilines is 1. The molecule has 0 atom stereocenters. The maximum Gasteiger partial charge on any atom is 0.271 e. The SMILES string of the molecule is CCC1CCC(NC(=O)c2c(N)cnn2CC)CC1. The Labute approximate surface area is 114 Å². The van der Waals surface area contributed by atoms with Crippen molar-refractivity contribution in [1.82, 2.24) is 15.1 Å². The minimum Gasteiger partial charge on any atom is -0.396 e. The molecule has 0 aliphatic heterocycles. The van der Waals surface area contributed by atoms with Gasteiger partial charge in [0.05, 0.1) is 11.9 Å². The molecule has 19 heavy (non-hydrogen) atoms. The van der Waals surface area contributed by atoms with E-state index in [1.54, 1.807) is 10.9 Å². The molecule has 1 saturated carbocycles. The molecule has 3 N–H and O–H groups in total. The third-order valence-corrected chi connectivity index (χ3v) is 4.14. The van der Waals surface area contributed by atoms with Crippen LogP contribution in [0.5, 0.6) is 0 Å². The van der Waals surface area contributed by atoms with Gasteiger partial charge in [-0.3, -0.25) is 9.48 Å². The van der Waals surface area contributed by atoms with Crippen LogP contribution >= 0.6 is 0 Å². The molecule has 2 rings (SSSR count). The summed E-state index contributed by atoms with van der Waals surface area (Å²) in [4.78, 5) is 12.3. The number of rotatable bonds is 4. The molecule has 0 spiro atoms.